The third-order valence-electron chi connectivity index (χ3n) is 5.83. The Morgan fingerprint density at radius 1 is 0.583 bits per heavy atom. The van der Waals surface area contributed by atoms with Crippen LogP contribution in [0.2, 0.25) is 0 Å². The molecule has 0 atom stereocenters. The summed E-state index contributed by atoms with van der Waals surface area (Å²) in [5.74, 6) is -53.7. The number of halogens is 17. The molecule has 0 spiro atoms. The second-order valence-electron chi connectivity index (χ2n) is 9.09. The Morgan fingerprint density at radius 3 is 1.19 bits per heavy atom. The number of ether oxygens (including phenoxy) is 1. The zero-order valence-electron chi connectivity index (χ0n) is 22.8. The van der Waals surface area contributed by atoms with Crippen LogP contribution in [-0.2, 0) is 24.3 Å². The van der Waals surface area contributed by atoms with Crippen LogP contribution in [0.3, 0.4) is 0 Å². The van der Waals surface area contributed by atoms with Gasteiger partial charge >= 0.3 is 64.9 Å². The van der Waals surface area contributed by atoms with Gasteiger partial charge in [0.2, 0.25) is 0 Å². The molecule has 29 heteroatoms. The lowest BCUT2D eigenvalue weighted by molar-refractivity contribution is -0.458. The minimum atomic E-state index is -8.88. The van der Waals surface area contributed by atoms with Crippen molar-refractivity contribution >= 4 is 28.0 Å². The maximum atomic E-state index is 14.1. The molecule has 4 N–H and O–H groups in total. The molecule has 0 unspecified atom stereocenters. The predicted molar refractivity (Wildman–Crippen MR) is 118 cm³/mol. The number of carboxylic acid groups (broad SMARTS) is 2. The second-order valence-corrected chi connectivity index (χ2v) is 11.1. The Morgan fingerprint density at radius 2 is 0.896 bits per heavy atom. The highest BCUT2D eigenvalue weighted by Crippen LogP contribution is 2.64. The molecule has 0 aliphatic carbocycles. The number of aliphatic carboxylic acids is 2. The van der Waals surface area contributed by atoms with E-state index < -0.39 is 105 Å². The molecular weight excluding hydrogens is 753 g/mol. The Kier molecular flexibility index (Phi) is 13.5. The third-order valence-corrected chi connectivity index (χ3v) is 7.78. The number of carbonyl (C=O) groups is 3. The first kappa shape index (κ1) is 44.9. The maximum absolute atomic E-state index is 14.1. The van der Waals surface area contributed by atoms with Gasteiger partial charge in [-0.1, -0.05) is 0 Å². The number of urea groups is 1. The van der Waals surface area contributed by atoms with Crippen molar-refractivity contribution in [2.75, 3.05) is 39.4 Å². The number of alkyl halides is 17. The topological polar surface area (TPSA) is 168 Å². The fourth-order valence-corrected chi connectivity index (χ4v) is 4.46. The minimum absolute atomic E-state index is 0.0720. The van der Waals surface area contributed by atoms with Crippen LogP contribution in [0, 0.1) is 0 Å². The van der Waals surface area contributed by atoms with Crippen molar-refractivity contribution in [2.24, 2.45) is 5.73 Å². The number of carbonyl (C=O) groups excluding carboxylic acids is 1. The fourth-order valence-electron chi connectivity index (χ4n) is 3.04. The van der Waals surface area contributed by atoms with Crippen molar-refractivity contribution in [3.8, 4) is 0 Å². The summed E-state index contributed by atoms with van der Waals surface area (Å²) in [5, 5.41) is 8.64. The molecule has 11 nitrogen and oxygen atoms in total. The molecule has 1 aliphatic heterocycles. The fraction of sp³-hybridized carbons (Fsp3) is 0.842. The van der Waals surface area contributed by atoms with E-state index >= 15 is 0 Å². The molecule has 0 saturated carbocycles. The number of piperazine rings is 1. The summed E-state index contributed by atoms with van der Waals surface area (Å²) in [6, 6.07) is -1.35. The number of primary amides is 1. The lowest BCUT2D eigenvalue weighted by Crippen LogP contribution is -2.75. The maximum Gasteiger partial charge on any atom is 0.460 e. The van der Waals surface area contributed by atoms with E-state index in [9.17, 15) is 97.4 Å². The van der Waals surface area contributed by atoms with Gasteiger partial charge < -0.3 is 25.6 Å². The van der Waals surface area contributed by atoms with E-state index in [0.717, 1.165) is 0 Å². The predicted octanol–water partition coefficient (Wildman–Crippen LogP) is 3.93. The average Bonchev–Trinajstić information content (AvgIpc) is 2.91. The molecule has 1 fully saturated rings. The smallest absolute Gasteiger partial charge is 0.460 e. The highest BCUT2D eigenvalue weighted by Gasteiger charge is 2.96. The first-order chi connectivity index (χ1) is 21.0. The van der Waals surface area contributed by atoms with E-state index in [4.69, 9.17) is 20.7 Å². The lowest BCUT2D eigenvalue weighted by atomic mass is 9.91. The zero-order valence-corrected chi connectivity index (χ0v) is 23.6. The summed E-state index contributed by atoms with van der Waals surface area (Å²) in [5.41, 5.74) is 4.73. The molecule has 0 bridgehead atoms. The van der Waals surface area contributed by atoms with Crippen molar-refractivity contribution in [2.45, 2.75) is 59.8 Å². The SMILES string of the molecule is NC(=O)N1CCN(S(=O)(=O)C(F)(F)C(F)(F)C(F)(F)C(F)(F)C(F)(F)C(F)(F)C(F)(F)C(F)(F)F)CC1.O=C(O)CCOCCC(=O)O. The number of amides is 2. The Labute approximate surface area is 255 Å². The van der Waals surface area contributed by atoms with Crippen molar-refractivity contribution in [1.82, 2.24) is 9.21 Å². The van der Waals surface area contributed by atoms with Crippen molar-refractivity contribution < 1.29 is 112 Å². The van der Waals surface area contributed by atoms with Crippen molar-refractivity contribution in [3.05, 3.63) is 0 Å². The summed E-state index contributed by atoms with van der Waals surface area (Å²) in [4.78, 5) is 31.2. The molecule has 0 radical (unpaired) electrons. The monoisotopic (exact) mass is 773 g/mol. The standard InChI is InChI=1S/C13H10F17N3O3S.C6H10O5/c14-6(15,8(18,19)10(22,23)12(26,27)28)7(16,17)9(20,21)11(24,25)13(29,30)37(35,36)33-3-1-32(2-4-33)5(31)34;7-5(8)1-3-11-4-2-6(9)10/h1-4H2,(H2,31,34);1-4H2,(H,7,8)(H,9,10). The first-order valence-electron chi connectivity index (χ1n) is 11.8. The van der Waals surface area contributed by atoms with E-state index in [1.54, 1.807) is 0 Å². The van der Waals surface area contributed by atoms with Gasteiger partial charge in [-0.25, -0.2) is 13.2 Å². The van der Waals surface area contributed by atoms with Gasteiger partial charge in [-0.3, -0.25) is 9.59 Å². The van der Waals surface area contributed by atoms with Gasteiger partial charge in [0.05, 0.1) is 26.1 Å². The van der Waals surface area contributed by atoms with Crippen molar-refractivity contribution in [1.29, 1.82) is 0 Å². The highest BCUT2D eigenvalue weighted by atomic mass is 32.2. The van der Waals surface area contributed by atoms with E-state index in [-0.39, 0.29) is 26.1 Å². The number of rotatable bonds is 14. The van der Waals surface area contributed by atoms with E-state index in [1.165, 1.54) is 0 Å². The van der Waals surface area contributed by atoms with Crippen LogP contribution in [0.4, 0.5) is 79.4 Å². The van der Waals surface area contributed by atoms with Crippen molar-refractivity contribution in [3.63, 3.8) is 0 Å². The van der Waals surface area contributed by atoms with Gasteiger partial charge in [0.25, 0.3) is 10.0 Å². The van der Waals surface area contributed by atoms with Gasteiger partial charge in [-0.2, -0.15) is 78.9 Å². The number of hydrogen-bond acceptors (Lipinski definition) is 6. The molecule has 1 heterocycles. The van der Waals surface area contributed by atoms with Crippen LogP contribution in [-0.4, -0.2) is 132 Å². The Balaban J connectivity index is 0.00000171. The number of nitrogens with zero attached hydrogens (tertiary/aromatic N) is 2. The number of nitrogens with two attached hydrogens (primary N) is 1. The second kappa shape index (κ2) is 14.4. The van der Waals surface area contributed by atoms with E-state index in [0.29, 0.717) is 4.90 Å². The number of sulfonamides is 1. The zero-order chi connectivity index (χ0) is 38.8. The Hall–Kier alpha value is -3.11. The minimum Gasteiger partial charge on any atom is -0.481 e. The molecule has 0 aromatic heterocycles. The van der Waals surface area contributed by atoms with Gasteiger partial charge in [0, 0.05) is 26.2 Å². The average molecular weight is 773 g/mol. The van der Waals surface area contributed by atoms with E-state index in [2.05, 4.69) is 0 Å². The molecule has 2 amide bonds. The molecule has 1 rings (SSSR count). The van der Waals surface area contributed by atoms with Crippen LogP contribution in [0.15, 0.2) is 0 Å². The number of carboxylic acids is 2. The van der Waals surface area contributed by atoms with Gasteiger partial charge in [-0.15, -0.1) is 0 Å². The summed E-state index contributed by atoms with van der Waals surface area (Å²) in [7, 11) is -7.35. The summed E-state index contributed by atoms with van der Waals surface area (Å²) in [6.45, 7) is -4.79. The first-order valence-corrected chi connectivity index (χ1v) is 13.2. The quantitative estimate of drug-likeness (QED) is 0.176. The van der Waals surface area contributed by atoms with Gasteiger partial charge in [0.15, 0.2) is 0 Å². The molecular formula is C19H20F17N3O8S. The normalized spacial score (nSPS) is 16.6. The molecule has 48 heavy (non-hydrogen) atoms. The summed E-state index contributed by atoms with van der Waals surface area (Å²) in [6.07, 6.45) is -8.06. The molecule has 0 aromatic rings. The van der Waals surface area contributed by atoms with Gasteiger partial charge in [-0.05, 0) is 0 Å². The summed E-state index contributed by atoms with van der Waals surface area (Å²) < 4.78 is 253. The van der Waals surface area contributed by atoms with Crippen LogP contribution < -0.4 is 5.73 Å². The Bertz CT molecular complexity index is 1250. The van der Waals surface area contributed by atoms with Crippen LogP contribution >= 0.6 is 0 Å². The molecule has 284 valence electrons. The number of hydrogen-bond donors (Lipinski definition) is 3. The largest absolute Gasteiger partial charge is 0.481 e. The van der Waals surface area contributed by atoms with Gasteiger partial charge in [0.1, 0.15) is 0 Å². The lowest BCUT2D eigenvalue weighted by Gasteiger charge is -2.43. The third kappa shape index (κ3) is 8.02. The van der Waals surface area contributed by atoms with Crippen LogP contribution in [0.5, 0.6) is 0 Å². The van der Waals surface area contributed by atoms with E-state index in [1.807, 2.05) is 0 Å². The molecule has 0 aromatic carbocycles. The highest BCUT2D eigenvalue weighted by molar-refractivity contribution is 7.90. The summed E-state index contributed by atoms with van der Waals surface area (Å²) >= 11 is 0. The molecule has 1 saturated heterocycles. The molecule has 1 aliphatic rings. The van der Waals surface area contributed by atoms with Crippen LogP contribution in [0.1, 0.15) is 12.8 Å². The van der Waals surface area contributed by atoms with Crippen LogP contribution in [0.25, 0.3) is 0 Å².